The van der Waals surface area contributed by atoms with E-state index in [4.69, 9.17) is 10.2 Å². The molecule has 0 bridgehead atoms. The lowest BCUT2D eigenvalue weighted by molar-refractivity contribution is -0.137. The maximum Gasteiger partial charge on any atom is 0.307 e. The summed E-state index contributed by atoms with van der Waals surface area (Å²) in [4.78, 5) is 29.6. The van der Waals surface area contributed by atoms with Gasteiger partial charge in [0.15, 0.2) is 5.82 Å². The summed E-state index contributed by atoms with van der Waals surface area (Å²) in [7, 11) is 0. The van der Waals surface area contributed by atoms with Gasteiger partial charge in [-0.15, -0.1) is 0 Å². The van der Waals surface area contributed by atoms with Crippen LogP contribution in [0.15, 0.2) is 70.2 Å². The average molecular weight is 412 g/mol. The van der Waals surface area contributed by atoms with Crippen molar-refractivity contribution in [2.45, 2.75) is 19.8 Å². The van der Waals surface area contributed by atoms with Crippen LogP contribution in [0.1, 0.15) is 18.1 Å². The Morgan fingerprint density at radius 1 is 0.967 bits per heavy atom. The van der Waals surface area contributed by atoms with Crippen molar-refractivity contribution in [3.63, 3.8) is 0 Å². The lowest BCUT2D eigenvalue weighted by atomic mass is 10.1. The first-order valence-electron chi connectivity index (χ1n) is 8.84. The lowest BCUT2D eigenvalue weighted by Gasteiger charge is -2.11. The van der Waals surface area contributed by atoms with Crippen LogP contribution in [0.2, 0.25) is 0 Å². The van der Waals surface area contributed by atoms with E-state index in [9.17, 15) is 14.0 Å². The van der Waals surface area contributed by atoms with Crippen molar-refractivity contribution in [3.05, 3.63) is 71.3 Å². The number of allylic oxidation sites excluding steroid dienone is 1. The molecule has 156 valence electrons. The summed E-state index contributed by atoms with van der Waals surface area (Å²) in [6, 6.07) is 13.2. The molecule has 4 N–H and O–H groups in total. The Bertz CT molecular complexity index is 1010. The Morgan fingerprint density at radius 2 is 1.47 bits per heavy atom. The SMILES string of the molecule is C=N/C(=N\C(Nc1cccc(CC(=O)O)c1)=C(/C)F)Nc1cccc(CC(=O)O)c1. The van der Waals surface area contributed by atoms with E-state index >= 15 is 0 Å². The van der Waals surface area contributed by atoms with E-state index in [0.29, 0.717) is 22.5 Å². The molecule has 30 heavy (non-hydrogen) atoms. The monoisotopic (exact) mass is 412 g/mol. The highest BCUT2D eigenvalue weighted by Gasteiger charge is 2.08. The van der Waals surface area contributed by atoms with Crippen LogP contribution in [0.4, 0.5) is 15.8 Å². The third-order valence-electron chi connectivity index (χ3n) is 3.78. The molecule has 0 atom stereocenters. The van der Waals surface area contributed by atoms with E-state index in [1.807, 2.05) is 0 Å². The first kappa shape index (κ1) is 22.3. The maximum absolute atomic E-state index is 14.1. The topological polar surface area (TPSA) is 123 Å². The van der Waals surface area contributed by atoms with Crippen LogP contribution < -0.4 is 10.6 Å². The summed E-state index contributed by atoms with van der Waals surface area (Å²) in [5.41, 5.74) is 2.08. The van der Waals surface area contributed by atoms with Crippen LogP contribution in [0, 0.1) is 0 Å². The molecule has 9 heteroatoms. The van der Waals surface area contributed by atoms with Crippen LogP contribution >= 0.6 is 0 Å². The van der Waals surface area contributed by atoms with Crippen molar-refractivity contribution in [2.24, 2.45) is 9.98 Å². The molecule has 8 nitrogen and oxygen atoms in total. The number of halogens is 1. The minimum absolute atomic E-state index is 0.0105. The normalized spacial score (nSPS) is 12.0. The number of hydrogen-bond donors (Lipinski definition) is 4. The molecule has 0 radical (unpaired) electrons. The molecule has 0 unspecified atom stereocenters. The second-order valence-corrected chi connectivity index (χ2v) is 6.27. The molecule has 0 aliphatic carbocycles. The lowest BCUT2D eigenvalue weighted by Crippen LogP contribution is -2.12. The smallest absolute Gasteiger partial charge is 0.307 e. The highest BCUT2D eigenvalue weighted by atomic mass is 19.1. The van der Waals surface area contributed by atoms with Crippen LogP contribution in [-0.2, 0) is 22.4 Å². The van der Waals surface area contributed by atoms with Gasteiger partial charge in [0, 0.05) is 11.4 Å². The number of benzene rings is 2. The molecule has 0 heterocycles. The predicted molar refractivity (Wildman–Crippen MR) is 114 cm³/mol. The zero-order valence-corrected chi connectivity index (χ0v) is 16.2. The number of carboxylic acids is 2. The third kappa shape index (κ3) is 7.19. The van der Waals surface area contributed by atoms with E-state index in [1.54, 1.807) is 48.5 Å². The number of aliphatic imine (C=N–C) groups is 2. The molecule has 0 spiro atoms. The fraction of sp³-hybridized carbons (Fsp3) is 0.143. The minimum atomic E-state index is -0.977. The molecule has 0 saturated carbocycles. The summed E-state index contributed by atoms with van der Waals surface area (Å²) in [5.74, 6) is -2.71. The molecule has 0 aromatic heterocycles. The van der Waals surface area contributed by atoms with Crippen molar-refractivity contribution in [2.75, 3.05) is 10.6 Å². The first-order chi connectivity index (χ1) is 14.3. The number of hydrogen-bond acceptors (Lipinski definition) is 4. The van der Waals surface area contributed by atoms with Gasteiger partial charge < -0.3 is 20.8 Å². The quantitative estimate of drug-likeness (QED) is 0.387. The van der Waals surface area contributed by atoms with Crippen LogP contribution in [0.5, 0.6) is 0 Å². The van der Waals surface area contributed by atoms with E-state index in [2.05, 4.69) is 27.3 Å². The highest BCUT2D eigenvalue weighted by molar-refractivity contribution is 5.97. The number of carboxylic acid groups (broad SMARTS) is 2. The van der Waals surface area contributed by atoms with E-state index < -0.39 is 17.8 Å². The Balaban J connectivity index is 2.23. The molecular formula is C21H21FN4O4. The van der Waals surface area contributed by atoms with Gasteiger partial charge in [-0.25, -0.2) is 9.38 Å². The van der Waals surface area contributed by atoms with Gasteiger partial charge in [0.1, 0.15) is 5.83 Å². The standard InChI is InChI=1S/C21H21FN4O4/c1-13(22)20(24-16-7-3-5-14(9-16)11-18(27)28)26-21(23-2)25-17-8-4-6-15(10-17)12-19(29)30/h3-10,24H,2,11-12H2,1H3,(H,25,26)(H,27,28)(H,29,30)/b20-13+. The number of anilines is 2. The van der Waals surface area contributed by atoms with Crippen molar-refractivity contribution < 1.29 is 24.2 Å². The average Bonchev–Trinajstić information content (AvgIpc) is 2.66. The van der Waals surface area contributed by atoms with Gasteiger partial charge in [-0.2, -0.15) is 4.99 Å². The molecule has 0 saturated heterocycles. The Hall–Kier alpha value is -4.01. The highest BCUT2D eigenvalue weighted by Crippen LogP contribution is 2.18. The number of nitrogens with zero attached hydrogens (tertiary/aromatic N) is 2. The second-order valence-electron chi connectivity index (χ2n) is 6.27. The molecule has 2 aromatic rings. The van der Waals surface area contributed by atoms with Gasteiger partial charge in [0.2, 0.25) is 5.96 Å². The number of nitrogens with one attached hydrogen (secondary N) is 2. The number of rotatable bonds is 8. The summed E-state index contributed by atoms with van der Waals surface area (Å²) in [5, 5.41) is 23.5. The van der Waals surface area contributed by atoms with Crippen molar-refractivity contribution in [3.8, 4) is 0 Å². The van der Waals surface area contributed by atoms with Gasteiger partial charge in [-0.3, -0.25) is 9.59 Å². The Labute approximate surface area is 172 Å². The fourth-order valence-electron chi connectivity index (χ4n) is 2.53. The molecular weight excluding hydrogens is 391 g/mol. The summed E-state index contributed by atoms with van der Waals surface area (Å²) >= 11 is 0. The van der Waals surface area contributed by atoms with Crippen LogP contribution in [0.3, 0.4) is 0 Å². The summed E-state index contributed by atoms with van der Waals surface area (Å²) in [6.45, 7) is 4.63. The third-order valence-corrected chi connectivity index (χ3v) is 3.78. The van der Waals surface area contributed by atoms with Gasteiger partial charge in [-0.05, 0) is 49.0 Å². The van der Waals surface area contributed by atoms with E-state index in [0.717, 1.165) is 0 Å². The molecule has 0 aliphatic heterocycles. The first-order valence-corrected chi connectivity index (χ1v) is 8.84. The van der Waals surface area contributed by atoms with Crippen LogP contribution in [-0.4, -0.2) is 34.8 Å². The van der Waals surface area contributed by atoms with E-state index in [1.165, 1.54) is 6.92 Å². The Kier molecular flexibility index (Phi) is 7.81. The molecule has 0 aliphatic rings. The van der Waals surface area contributed by atoms with E-state index in [-0.39, 0.29) is 24.6 Å². The fourth-order valence-corrected chi connectivity index (χ4v) is 2.53. The number of carbonyl (C=O) groups is 2. The number of aliphatic carboxylic acids is 2. The molecule has 0 fully saturated rings. The number of guanidine groups is 1. The zero-order valence-electron chi connectivity index (χ0n) is 16.2. The zero-order chi connectivity index (χ0) is 22.1. The molecule has 2 rings (SSSR count). The van der Waals surface area contributed by atoms with Crippen molar-refractivity contribution >= 4 is 36.0 Å². The van der Waals surface area contributed by atoms with Gasteiger partial charge >= 0.3 is 11.9 Å². The van der Waals surface area contributed by atoms with Crippen molar-refractivity contribution in [1.29, 1.82) is 0 Å². The van der Waals surface area contributed by atoms with Gasteiger partial charge in [0.25, 0.3) is 0 Å². The minimum Gasteiger partial charge on any atom is -0.481 e. The van der Waals surface area contributed by atoms with Crippen molar-refractivity contribution in [1.82, 2.24) is 0 Å². The molecule has 2 aromatic carbocycles. The van der Waals surface area contributed by atoms with Gasteiger partial charge in [-0.1, -0.05) is 24.3 Å². The van der Waals surface area contributed by atoms with Crippen LogP contribution in [0.25, 0.3) is 0 Å². The second kappa shape index (κ2) is 10.5. The largest absolute Gasteiger partial charge is 0.481 e. The maximum atomic E-state index is 14.1. The Morgan fingerprint density at radius 3 is 1.90 bits per heavy atom. The van der Waals surface area contributed by atoms with Gasteiger partial charge in [0.05, 0.1) is 12.8 Å². The summed E-state index contributed by atoms with van der Waals surface area (Å²) < 4.78 is 14.1. The molecule has 0 amide bonds. The predicted octanol–water partition coefficient (Wildman–Crippen LogP) is 3.68. The summed E-state index contributed by atoms with van der Waals surface area (Å²) in [6.07, 6.45) is -0.313.